The summed E-state index contributed by atoms with van der Waals surface area (Å²) in [5.74, 6) is 0.122. The minimum atomic E-state index is -0.228. The molecular formula is C20H25N5O3. The maximum absolute atomic E-state index is 12.5. The van der Waals surface area contributed by atoms with Crippen LogP contribution >= 0.6 is 0 Å². The van der Waals surface area contributed by atoms with Gasteiger partial charge in [-0.15, -0.1) is 0 Å². The predicted molar refractivity (Wildman–Crippen MR) is 106 cm³/mol. The average molecular weight is 383 g/mol. The number of nitrogens with zero attached hydrogens (tertiary/aromatic N) is 3. The second kappa shape index (κ2) is 9.38. The Morgan fingerprint density at radius 3 is 2.54 bits per heavy atom. The number of ether oxygens (including phenoxy) is 1. The molecule has 0 spiro atoms. The highest BCUT2D eigenvalue weighted by Gasteiger charge is 2.13. The molecule has 3 rings (SSSR count). The van der Waals surface area contributed by atoms with Crippen molar-refractivity contribution in [1.29, 1.82) is 0 Å². The highest BCUT2D eigenvalue weighted by Crippen LogP contribution is 2.15. The lowest BCUT2D eigenvalue weighted by molar-refractivity contribution is 0.0383. The molecule has 8 heteroatoms. The fourth-order valence-corrected chi connectivity index (χ4v) is 2.90. The maximum Gasteiger partial charge on any atom is 0.270 e. The lowest BCUT2D eigenvalue weighted by Crippen LogP contribution is -2.41. The molecular weight excluding hydrogens is 358 g/mol. The van der Waals surface area contributed by atoms with Gasteiger partial charge in [-0.05, 0) is 44.2 Å². The Hall–Kier alpha value is -2.84. The number of aryl methyl sites for hydroxylation is 1. The van der Waals surface area contributed by atoms with Gasteiger partial charge in [0.1, 0.15) is 5.69 Å². The van der Waals surface area contributed by atoms with Crippen molar-refractivity contribution in [2.75, 3.05) is 44.7 Å². The molecule has 28 heavy (non-hydrogen) atoms. The number of carbonyl (C=O) groups is 2. The van der Waals surface area contributed by atoms with E-state index in [9.17, 15) is 9.59 Å². The molecule has 0 bridgehead atoms. The summed E-state index contributed by atoms with van der Waals surface area (Å²) >= 11 is 0. The van der Waals surface area contributed by atoms with Gasteiger partial charge in [0.25, 0.3) is 5.91 Å². The van der Waals surface area contributed by atoms with Crippen LogP contribution < -0.4 is 10.6 Å². The van der Waals surface area contributed by atoms with Crippen LogP contribution in [0.3, 0.4) is 0 Å². The van der Waals surface area contributed by atoms with Crippen molar-refractivity contribution < 1.29 is 14.3 Å². The summed E-state index contributed by atoms with van der Waals surface area (Å²) in [6.07, 6.45) is 0. The molecule has 0 radical (unpaired) electrons. The van der Waals surface area contributed by atoms with Gasteiger partial charge in [0, 0.05) is 43.1 Å². The molecule has 1 fully saturated rings. The molecule has 0 atom stereocenters. The number of aromatic nitrogens is 2. The van der Waals surface area contributed by atoms with E-state index in [0.29, 0.717) is 29.4 Å². The van der Waals surface area contributed by atoms with Gasteiger partial charge >= 0.3 is 0 Å². The Labute approximate surface area is 164 Å². The second-order valence-electron chi connectivity index (χ2n) is 6.69. The van der Waals surface area contributed by atoms with Gasteiger partial charge in [-0.1, -0.05) is 0 Å². The van der Waals surface area contributed by atoms with Gasteiger partial charge in [-0.2, -0.15) is 0 Å². The Morgan fingerprint density at radius 2 is 1.86 bits per heavy atom. The fourth-order valence-electron chi connectivity index (χ4n) is 2.90. The van der Waals surface area contributed by atoms with Crippen molar-refractivity contribution in [3.05, 3.63) is 47.3 Å². The summed E-state index contributed by atoms with van der Waals surface area (Å²) in [4.78, 5) is 34.7. The average Bonchev–Trinajstić information content (AvgIpc) is 2.68. The Kier molecular flexibility index (Phi) is 6.67. The monoisotopic (exact) mass is 383 g/mol. The zero-order valence-electron chi connectivity index (χ0n) is 16.2. The quantitative estimate of drug-likeness (QED) is 0.704. The Morgan fingerprint density at radius 1 is 1.14 bits per heavy atom. The molecule has 2 heterocycles. The molecule has 1 aliphatic heterocycles. The molecule has 1 aromatic heterocycles. The van der Waals surface area contributed by atoms with Gasteiger partial charge in [0.15, 0.2) is 5.78 Å². The number of ketones is 1. The first-order valence-corrected chi connectivity index (χ1v) is 9.33. The fraction of sp³-hybridized carbons (Fsp3) is 0.400. The number of hydrogen-bond acceptors (Lipinski definition) is 7. The first kappa shape index (κ1) is 19.9. The lowest BCUT2D eigenvalue weighted by Gasteiger charge is -2.26. The van der Waals surface area contributed by atoms with Crippen LogP contribution in [-0.2, 0) is 4.74 Å². The number of Topliss-reactive ketones (excluding diaryl/α,β-unsaturated/α-hetero) is 1. The predicted octanol–water partition coefficient (Wildman–Crippen LogP) is 1.79. The third-order valence-corrected chi connectivity index (χ3v) is 4.45. The van der Waals surface area contributed by atoms with Crippen LogP contribution in [-0.4, -0.2) is 66.0 Å². The van der Waals surface area contributed by atoms with E-state index < -0.39 is 0 Å². The van der Waals surface area contributed by atoms with E-state index in [1.165, 1.54) is 6.92 Å². The molecule has 1 aliphatic rings. The van der Waals surface area contributed by atoms with Crippen molar-refractivity contribution >= 4 is 23.3 Å². The lowest BCUT2D eigenvalue weighted by atomic mass is 10.1. The van der Waals surface area contributed by atoms with Crippen LogP contribution in [0.5, 0.6) is 0 Å². The molecule has 0 saturated carbocycles. The van der Waals surface area contributed by atoms with Gasteiger partial charge in [-0.3, -0.25) is 14.5 Å². The van der Waals surface area contributed by atoms with Gasteiger partial charge in [0.05, 0.1) is 13.2 Å². The van der Waals surface area contributed by atoms with Crippen molar-refractivity contribution in [2.24, 2.45) is 0 Å². The van der Waals surface area contributed by atoms with Crippen molar-refractivity contribution in [3.8, 4) is 0 Å². The first-order chi connectivity index (χ1) is 13.5. The highest BCUT2D eigenvalue weighted by atomic mass is 16.5. The van der Waals surface area contributed by atoms with E-state index in [0.717, 1.165) is 38.5 Å². The van der Waals surface area contributed by atoms with Gasteiger partial charge in [0.2, 0.25) is 5.95 Å². The molecule has 1 aromatic carbocycles. The summed E-state index contributed by atoms with van der Waals surface area (Å²) in [6, 6.07) is 8.70. The van der Waals surface area contributed by atoms with E-state index in [4.69, 9.17) is 4.74 Å². The molecule has 0 aliphatic carbocycles. The van der Waals surface area contributed by atoms with Gasteiger partial charge in [-0.25, -0.2) is 9.97 Å². The SMILES string of the molecule is CC(=O)c1ccc(Nc2nc(C)cc(C(=O)NCCN3CCOCC3)n2)cc1. The minimum absolute atomic E-state index is 0.00870. The van der Waals surface area contributed by atoms with Crippen molar-refractivity contribution in [1.82, 2.24) is 20.2 Å². The summed E-state index contributed by atoms with van der Waals surface area (Å²) in [5, 5.41) is 5.99. The van der Waals surface area contributed by atoms with Crippen molar-refractivity contribution in [3.63, 3.8) is 0 Å². The third-order valence-electron chi connectivity index (χ3n) is 4.45. The van der Waals surface area contributed by atoms with E-state index in [1.807, 2.05) is 6.92 Å². The number of nitrogens with one attached hydrogen (secondary N) is 2. The van der Waals surface area contributed by atoms with E-state index >= 15 is 0 Å². The van der Waals surface area contributed by atoms with Crippen LogP contribution in [0.2, 0.25) is 0 Å². The van der Waals surface area contributed by atoms with E-state index in [2.05, 4.69) is 25.5 Å². The largest absolute Gasteiger partial charge is 0.379 e. The molecule has 1 saturated heterocycles. The van der Waals surface area contributed by atoms with Crippen LogP contribution in [0.1, 0.15) is 33.5 Å². The summed E-state index contributed by atoms with van der Waals surface area (Å²) in [7, 11) is 0. The standard InChI is InChI=1S/C20H25N5O3/c1-14-13-18(19(27)21-7-8-25-9-11-28-12-10-25)24-20(22-14)23-17-5-3-16(4-6-17)15(2)26/h3-6,13H,7-12H2,1-2H3,(H,21,27)(H,22,23,24). The third kappa shape index (κ3) is 5.58. The number of benzene rings is 1. The summed E-state index contributed by atoms with van der Waals surface area (Å²) < 4.78 is 5.32. The normalized spacial score (nSPS) is 14.5. The molecule has 0 unspecified atom stereocenters. The van der Waals surface area contributed by atoms with Crippen LogP contribution in [0.15, 0.2) is 30.3 Å². The number of carbonyl (C=O) groups excluding carboxylic acids is 2. The topological polar surface area (TPSA) is 96.5 Å². The van der Waals surface area contributed by atoms with Crippen LogP contribution in [0.25, 0.3) is 0 Å². The molecule has 148 valence electrons. The molecule has 1 amide bonds. The highest BCUT2D eigenvalue weighted by molar-refractivity contribution is 5.94. The number of anilines is 2. The zero-order valence-corrected chi connectivity index (χ0v) is 16.2. The number of amides is 1. The smallest absolute Gasteiger partial charge is 0.270 e. The molecule has 2 N–H and O–H groups in total. The number of morpholine rings is 1. The summed E-state index contributed by atoms with van der Waals surface area (Å²) in [6.45, 7) is 7.93. The second-order valence-corrected chi connectivity index (χ2v) is 6.69. The van der Waals surface area contributed by atoms with Crippen molar-refractivity contribution in [2.45, 2.75) is 13.8 Å². The summed E-state index contributed by atoms with van der Waals surface area (Å²) in [5.41, 5.74) is 2.39. The molecule has 2 aromatic rings. The Balaban J connectivity index is 1.60. The first-order valence-electron chi connectivity index (χ1n) is 9.33. The van der Waals surface area contributed by atoms with Gasteiger partial charge < -0.3 is 15.4 Å². The zero-order chi connectivity index (χ0) is 19.9. The Bertz CT molecular complexity index is 832. The van der Waals surface area contributed by atoms with E-state index in [1.54, 1.807) is 30.3 Å². The maximum atomic E-state index is 12.5. The van der Waals surface area contributed by atoms with Crippen LogP contribution in [0, 0.1) is 6.92 Å². The number of rotatable bonds is 7. The number of hydrogen-bond donors (Lipinski definition) is 2. The molecule has 8 nitrogen and oxygen atoms in total. The van der Waals surface area contributed by atoms with E-state index in [-0.39, 0.29) is 11.7 Å². The van der Waals surface area contributed by atoms with Crippen LogP contribution in [0.4, 0.5) is 11.6 Å². The minimum Gasteiger partial charge on any atom is -0.379 e.